The molecular formula is C9H14N2O2. The molecule has 1 unspecified atom stereocenters. The minimum absolute atomic E-state index is 0.349. The number of imidazole rings is 1. The number of aliphatic carboxylic acids is 1. The van der Waals surface area contributed by atoms with Crippen molar-refractivity contribution in [2.45, 2.75) is 32.6 Å². The number of aromatic amines is 1. The van der Waals surface area contributed by atoms with E-state index in [1.807, 2.05) is 13.8 Å². The van der Waals surface area contributed by atoms with Crippen molar-refractivity contribution in [2.75, 3.05) is 0 Å². The van der Waals surface area contributed by atoms with Crippen LogP contribution < -0.4 is 0 Å². The third-order valence-electron chi connectivity index (χ3n) is 2.02. The highest BCUT2D eigenvalue weighted by Gasteiger charge is 2.17. The molecule has 4 heteroatoms. The molecule has 4 nitrogen and oxygen atoms in total. The molecule has 1 atom stereocenters. The quantitative estimate of drug-likeness (QED) is 0.748. The first-order valence-corrected chi connectivity index (χ1v) is 4.30. The van der Waals surface area contributed by atoms with E-state index in [1.165, 1.54) is 0 Å². The maximum Gasteiger partial charge on any atom is 0.313 e. The zero-order valence-electron chi connectivity index (χ0n) is 8.03. The van der Waals surface area contributed by atoms with Crippen molar-refractivity contribution in [1.29, 1.82) is 0 Å². The molecule has 72 valence electrons. The van der Waals surface area contributed by atoms with Crippen molar-refractivity contribution in [2.24, 2.45) is 0 Å². The highest BCUT2D eigenvalue weighted by Crippen LogP contribution is 2.16. The number of hydrogen-bond acceptors (Lipinski definition) is 2. The van der Waals surface area contributed by atoms with Crippen LogP contribution in [-0.4, -0.2) is 21.0 Å². The Balaban J connectivity index is 2.85. The number of aromatic nitrogens is 2. The molecule has 0 saturated heterocycles. The molecule has 2 N–H and O–H groups in total. The van der Waals surface area contributed by atoms with Crippen molar-refractivity contribution in [3.63, 3.8) is 0 Å². The number of nitrogens with zero attached hydrogens (tertiary/aromatic N) is 1. The summed E-state index contributed by atoms with van der Waals surface area (Å²) in [5.74, 6) is -0.546. The predicted molar refractivity (Wildman–Crippen MR) is 48.7 cm³/mol. The van der Waals surface area contributed by atoms with Crippen molar-refractivity contribution >= 4 is 5.97 Å². The predicted octanol–water partition coefficient (Wildman–Crippen LogP) is 1.72. The Morgan fingerprint density at radius 2 is 2.15 bits per heavy atom. The van der Waals surface area contributed by atoms with Gasteiger partial charge < -0.3 is 10.1 Å². The van der Waals surface area contributed by atoms with Gasteiger partial charge in [0, 0.05) is 11.9 Å². The van der Waals surface area contributed by atoms with Crippen LogP contribution in [0.25, 0.3) is 0 Å². The molecule has 0 saturated carbocycles. The van der Waals surface area contributed by atoms with Crippen molar-refractivity contribution < 1.29 is 9.90 Å². The monoisotopic (exact) mass is 182 g/mol. The molecule has 1 aromatic rings. The molecule has 0 aliphatic carbocycles. The Hall–Kier alpha value is -1.32. The number of carboxylic acids is 1. The van der Waals surface area contributed by atoms with E-state index in [1.54, 1.807) is 13.1 Å². The molecule has 0 amide bonds. The Kier molecular flexibility index (Phi) is 2.70. The van der Waals surface area contributed by atoms with E-state index in [0.29, 0.717) is 11.7 Å². The Morgan fingerprint density at radius 3 is 2.54 bits per heavy atom. The highest BCUT2D eigenvalue weighted by atomic mass is 16.4. The van der Waals surface area contributed by atoms with Gasteiger partial charge in [-0.1, -0.05) is 13.8 Å². The second-order valence-electron chi connectivity index (χ2n) is 3.44. The first kappa shape index (κ1) is 9.77. The second-order valence-corrected chi connectivity index (χ2v) is 3.44. The van der Waals surface area contributed by atoms with Crippen LogP contribution in [0, 0.1) is 0 Å². The maximum atomic E-state index is 10.6. The smallest absolute Gasteiger partial charge is 0.313 e. The molecule has 1 aromatic heterocycles. The van der Waals surface area contributed by atoms with E-state index in [9.17, 15) is 4.79 Å². The van der Waals surface area contributed by atoms with E-state index in [0.717, 1.165) is 5.69 Å². The maximum absolute atomic E-state index is 10.6. The van der Waals surface area contributed by atoms with E-state index >= 15 is 0 Å². The fourth-order valence-corrected chi connectivity index (χ4v) is 0.982. The number of hydrogen-bond donors (Lipinski definition) is 2. The fraction of sp³-hybridized carbons (Fsp3) is 0.556. The van der Waals surface area contributed by atoms with Gasteiger partial charge in [-0.3, -0.25) is 4.79 Å². The van der Waals surface area contributed by atoms with Gasteiger partial charge in [-0.05, 0) is 12.8 Å². The van der Waals surface area contributed by atoms with Gasteiger partial charge in [0.05, 0.1) is 0 Å². The molecule has 1 heterocycles. The number of nitrogens with one attached hydrogen (secondary N) is 1. The highest BCUT2D eigenvalue weighted by molar-refractivity contribution is 5.74. The standard InChI is InChI=1S/C9H14N2O2/c1-5(2)7-4-10-8(11-7)6(3)9(12)13/h4-6H,1-3H3,(H,10,11)(H,12,13). The first-order valence-electron chi connectivity index (χ1n) is 4.30. The Morgan fingerprint density at radius 1 is 1.54 bits per heavy atom. The summed E-state index contributed by atoms with van der Waals surface area (Å²) in [6, 6.07) is 0. The van der Waals surface area contributed by atoms with Gasteiger partial charge >= 0.3 is 5.97 Å². The number of carbonyl (C=O) groups is 1. The van der Waals surface area contributed by atoms with Crippen molar-refractivity contribution in [3.05, 3.63) is 17.7 Å². The van der Waals surface area contributed by atoms with Gasteiger partial charge in [0.2, 0.25) is 0 Å². The lowest BCUT2D eigenvalue weighted by atomic mass is 10.1. The van der Waals surface area contributed by atoms with Gasteiger partial charge in [-0.2, -0.15) is 0 Å². The lowest BCUT2D eigenvalue weighted by Gasteiger charge is -2.02. The van der Waals surface area contributed by atoms with Crippen LogP contribution in [-0.2, 0) is 4.79 Å². The topological polar surface area (TPSA) is 66.0 Å². The van der Waals surface area contributed by atoms with Gasteiger partial charge in [0.25, 0.3) is 0 Å². The number of rotatable bonds is 3. The largest absolute Gasteiger partial charge is 0.481 e. The van der Waals surface area contributed by atoms with Gasteiger partial charge in [-0.15, -0.1) is 0 Å². The van der Waals surface area contributed by atoms with Crippen molar-refractivity contribution in [1.82, 2.24) is 9.97 Å². The zero-order valence-corrected chi connectivity index (χ0v) is 8.03. The van der Waals surface area contributed by atoms with Crippen molar-refractivity contribution in [3.8, 4) is 0 Å². The molecule has 0 aliphatic heterocycles. The second kappa shape index (κ2) is 3.60. The molecule has 0 spiro atoms. The molecule has 1 rings (SSSR count). The lowest BCUT2D eigenvalue weighted by molar-refractivity contribution is -0.138. The molecule has 0 fully saturated rings. The molecule has 0 radical (unpaired) electrons. The van der Waals surface area contributed by atoms with E-state index in [-0.39, 0.29) is 0 Å². The summed E-state index contributed by atoms with van der Waals surface area (Å²) >= 11 is 0. The first-order chi connectivity index (χ1) is 6.02. The molecule has 0 aliphatic rings. The summed E-state index contributed by atoms with van der Waals surface area (Å²) in [5.41, 5.74) is 0.975. The number of carboxylic acid groups (broad SMARTS) is 1. The van der Waals surface area contributed by atoms with E-state index < -0.39 is 11.9 Å². The molecular weight excluding hydrogens is 168 g/mol. The van der Waals surface area contributed by atoms with Crippen LogP contribution in [0.1, 0.15) is 44.1 Å². The molecule has 13 heavy (non-hydrogen) atoms. The van der Waals surface area contributed by atoms with Gasteiger partial charge in [0.1, 0.15) is 11.7 Å². The lowest BCUT2D eigenvalue weighted by Crippen LogP contribution is -2.09. The van der Waals surface area contributed by atoms with Crippen LogP contribution in [0.3, 0.4) is 0 Å². The minimum Gasteiger partial charge on any atom is -0.481 e. The van der Waals surface area contributed by atoms with E-state index in [4.69, 9.17) is 5.11 Å². The molecule has 0 bridgehead atoms. The summed E-state index contributed by atoms with van der Waals surface area (Å²) in [6.45, 7) is 5.68. The SMILES string of the molecule is CC(C)c1cnc(C(C)C(=O)O)[nH]1. The third kappa shape index (κ3) is 2.08. The van der Waals surface area contributed by atoms with Crippen LogP contribution in [0.5, 0.6) is 0 Å². The van der Waals surface area contributed by atoms with Crippen LogP contribution in [0.2, 0.25) is 0 Å². The fourth-order valence-electron chi connectivity index (χ4n) is 0.982. The van der Waals surface area contributed by atoms with Gasteiger partial charge in [-0.25, -0.2) is 4.98 Å². The summed E-state index contributed by atoms with van der Waals surface area (Å²) < 4.78 is 0. The van der Waals surface area contributed by atoms with Crippen LogP contribution in [0.15, 0.2) is 6.20 Å². The summed E-state index contributed by atoms with van der Waals surface area (Å²) in [5, 5.41) is 8.72. The average molecular weight is 182 g/mol. The third-order valence-corrected chi connectivity index (χ3v) is 2.02. The number of H-pyrrole nitrogens is 1. The summed E-state index contributed by atoms with van der Waals surface area (Å²) in [7, 11) is 0. The minimum atomic E-state index is -0.857. The molecule has 0 aromatic carbocycles. The summed E-state index contributed by atoms with van der Waals surface area (Å²) in [4.78, 5) is 17.6. The normalized spacial score (nSPS) is 13.2. The van der Waals surface area contributed by atoms with Crippen LogP contribution in [0.4, 0.5) is 0 Å². The Labute approximate surface area is 77.0 Å². The Bertz CT molecular complexity index is 304. The average Bonchev–Trinajstić information content (AvgIpc) is 2.50. The van der Waals surface area contributed by atoms with E-state index in [2.05, 4.69) is 9.97 Å². The summed E-state index contributed by atoms with van der Waals surface area (Å²) in [6.07, 6.45) is 1.69. The van der Waals surface area contributed by atoms with Crippen LogP contribution >= 0.6 is 0 Å². The zero-order chi connectivity index (χ0) is 10.0. The van der Waals surface area contributed by atoms with Gasteiger partial charge in [0.15, 0.2) is 0 Å².